The fraction of sp³-hybridized carbons (Fsp3) is 0.333. The van der Waals surface area contributed by atoms with Crippen molar-refractivity contribution in [3.8, 4) is 0 Å². The number of hydrogen-bond acceptors (Lipinski definition) is 5. The summed E-state index contributed by atoms with van der Waals surface area (Å²) >= 11 is 0. The summed E-state index contributed by atoms with van der Waals surface area (Å²) in [6, 6.07) is 8.33. The summed E-state index contributed by atoms with van der Waals surface area (Å²) in [6.45, 7) is 0.855. The molecule has 1 saturated heterocycles. The van der Waals surface area contributed by atoms with Gasteiger partial charge in [-0.15, -0.1) is 0 Å². The van der Waals surface area contributed by atoms with Crippen molar-refractivity contribution in [3.05, 3.63) is 36.1 Å². The Hall–Kier alpha value is -2.34. The van der Waals surface area contributed by atoms with Gasteiger partial charge in [0.05, 0.1) is 20.3 Å². The second-order valence-corrected chi connectivity index (χ2v) is 4.76. The summed E-state index contributed by atoms with van der Waals surface area (Å²) in [4.78, 5) is 25.8. The summed E-state index contributed by atoms with van der Waals surface area (Å²) in [5.41, 5.74) is 0.642. The van der Waals surface area contributed by atoms with Gasteiger partial charge in [-0.05, 0) is 12.1 Å². The van der Waals surface area contributed by atoms with Crippen LogP contribution < -0.4 is 0 Å². The van der Waals surface area contributed by atoms with E-state index in [4.69, 9.17) is 13.9 Å². The van der Waals surface area contributed by atoms with Gasteiger partial charge in [0.15, 0.2) is 11.8 Å². The first-order valence-corrected chi connectivity index (χ1v) is 6.66. The molecule has 110 valence electrons. The number of nitrogens with zero attached hydrogens (tertiary/aromatic N) is 1. The Morgan fingerprint density at radius 3 is 2.90 bits per heavy atom. The standard InChI is InChI=1S/C15H15NO5/c1-19-15(18)11-9-20-7-6-16(11)14(17)13-8-10-4-2-3-5-12(10)21-13/h2-5,8,11H,6-7,9H2,1H3. The molecular formula is C15H15NO5. The number of amides is 1. The van der Waals surface area contributed by atoms with Crippen LogP contribution >= 0.6 is 0 Å². The van der Waals surface area contributed by atoms with Gasteiger partial charge in [-0.2, -0.15) is 0 Å². The molecule has 1 aromatic carbocycles. The van der Waals surface area contributed by atoms with E-state index in [1.165, 1.54) is 12.0 Å². The second kappa shape index (κ2) is 5.57. The van der Waals surface area contributed by atoms with Gasteiger partial charge < -0.3 is 18.8 Å². The van der Waals surface area contributed by atoms with Crippen LogP contribution in [0, 0.1) is 0 Å². The van der Waals surface area contributed by atoms with E-state index < -0.39 is 12.0 Å². The molecule has 2 heterocycles. The van der Waals surface area contributed by atoms with Gasteiger partial charge in [-0.1, -0.05) is 18.2 Å². The van der Waals surface area contributed by atoms with Crippen LogP contribution in [0.25, 0.3) is 11.0 Å². The molecule has 0 saturated carbocycles. The SMILES string of the molecule is COC(=O)C1COCCN1C(=O)c1cc2ccccc2o1. The maximum Gasteiger partial charge on any atom is 0.331 e. The van der Waals surface area contributed by atoms with Gasteiger partial charge >= 0.3 is 5.97 Å². The Balaban J connectivity index is 1.90. The van der Waals surface area contributed by atoms with Gasteiger partial charge in [0.25, 0.3) is 5.91 Å². The highest BCUT2D eigenvalue weighted by Crippen LogP contribution is 2.21. The molecule has 0 aliphatic carbocycles. The maximum absolute atomic E-state index is 12.6. The molecule has 1 fully saturated rings. The Kier molecular flexibility index (Phi) is 3.62. The Morgan fingerprint density at radius 1 is 1.33 bits per heavy atom. The number of carbonyl (C=O) groups excluding carboxylic acids is 2. The number of ether oxygens (including phenoxy) is 2. The summed E-state index contributed by atoms with van der Waals surface area (Å²) in [5.74, 6) is -0.601. The molecule has 6 heteroatoms. The largest absolute Gasteiger partial charge is 0.467 e. The third kappa shape index (κ3) is 2.50. The highest BCUT2D eigenvalue weighted by Gasteiger charge is 2.35. The zero-order chi connectivity index (χ0) is 14.8. The minimum Gasteiger partial charge on any atom is -0.467 e. The summed E-state index contributed by atoms with van der Waals surface area (Å²) in [6.07, 6.45) is 0. The maximum atomic E-state index is 12.6. The van der Waals surface area contributed by atoms with E-state index in [0.717, 1.165) is 5.39 Å². The number of benzene rings is 1. The number of esters is 1. The molecular weight excluding hydrogens is 274 g/mol. The lowest BCUT2D eigenvalue weighted by molar-refractivity contribution is -0.151. The molecule has 2 aromatic rings. The number of methoxy groups -OCH3 is 1. The first kappa shape index (κ1) is 13.6. The highest BCUT2D eigenvalue weighted by atomic mass is 16.5. The van der Waals surface area contributed by atoms with E-state index in [0.29, 0.717) is 18.7 Å². The highest BCUT2D eigenvalue weighted by molar-refractivity contribution is 5.98. The van der Waals surface area contributed by atoms with Crippen LogP contribution in [0.15, 0.2) is 34.7 Å². The van der Waals surface area contributed by atoms with Crippen LogP contribution in [0.5, 0.6) is 0 Å². The zero-order valence-electron chi connectivity index (χ0n) is 11.6. The van der Waals surface area contributed by atoms with Crippen molar-refractivity contribution in [2.45, 2.75) is 6.04 Å². The molecule has 1 aliphatic rings. The van der Waals surface area contributed by atoms with E-state index in [2.05, 4.69) is 0 Å². The molecule has 0 radical (unpaired) electrons. The van der Waals surface area contributed by atoms with E-state index in [-0.39, 0.29) is 18.3 Å². The van der Waals surface area contributed by atoms with Crippen LogP contribution in [0.2, 0.25) is 0 Å². The minimum atomic E-state index is -0.732. The molecule has 21 heavy (non-hydrogen) atoms. The molecule has 1 amide bonds. The fourth-order valence-corrected chi connectivity index (χ4v) is 2.41. The number of fused-ring (bicyclic) bond motifs is 1. The van der Waals surface area contributed by atoms with Gasteiger partial charge in [0.2, 0.25) is 0 Å². The zero-order valence-corrected chi connectivity index (χ0v) is 11.6. The molecule has 0 N–H and O–H groups in total. The monoisotopic (exact) mass is 289 g/mol. The van der Waals surface area contributed by atoms with Gasteiger partial charge in [0.1, 0.15) is 5.58 Å². The van der Waals surface area contributed by atoms with Gasteiger partial charge in [-0.25, -0.2) is 4.79 Å². The predicted octanol–water partition coefficient (Wildman–Crippen LogP) is 1.45. The lowest BCUT2D eigenvalue weighted by atomic mass is 10.2. The summed E-state index contributed by atoms with van der Waals surface area (Å²) < 4.78 is 15.5. The average molecular weight is 289 g/mol. The van der Waals surface area contributed by atoms with Crippen LogP contribution in [0.1, 0.15) is 10.6 Å². The molecule has 1 aromatic heterocycles. The molecule has 3 rings (SSSR count). The van der Waals surface area contributed by atoms with Crippen molar-refractivity contribution in [1.29, 1.82) is 0 Å². The van der Waals surface area contributed by atoms with Gasteiger partial charge in [0, 0.05) is 11.9 Å². The van der Waals surface area contributed by atoms with Crippen molar-refractivity contribution in [3.63, 3.8) is 0 Å². The first-order chi connectivity index (χ1) is 10.2. The van der Waals surface area contributed by atoms with Crippen molar-refractivity contribution >= 4 is 22.8 Å². The van der Waals surface area contributed by atoms with Crippen LogP contribution in [-0.4, -0.2) is 49.7 Å². The molecule has 0 spiro atoms. The summed E-state index contributed by atoms with van der Waals surface area (Å²) in [7, 11) is 1.29. The molecule has 0 bridgehead atoms. The topological polar surface area (TPSA) is 69.0 Å². The summed E-state index contributed by atoms with van der Waals surface area (Å²) in [5, 5.41) is 0.851. The fourth-order valence-electron chi connectivity index (χ4n) is 2.41. The van der Waals surface area contributed by atoms with E-state index in [1.54, 1.807) is 12.1 Å². The molecule has 1 atom stereocenters. The normalized spacial score (nSPS) is 18.7. The van der Waals surface area contributed by atoms with Crippen LogP contribution in [0.4, 0.5) is 0 Å². The third-order valence-electron chi connectivity index (χ3n) is 3.50. The number of hydrogen-bond donors (Lipinski definition) is 0. The number of morpholine rings is 1. The average Bonchev–Trinajstić information content (AvgIpc) is 2.97. The third-order valence-corrected chi connectivity index (χ3v) is 3.50. The molecule has 1 aliphatic heterocycles. The Labute approximate surface area is 121 Å². The number of para-hydroxylation sites is 1. The number of carbonyl (C=O) groups is 2. The van der Waals surface area contributed by atoms with Crippen molar-refractivity contribution in [2.24, 2.45) is 0 Å². The van der Waals surface area contributed by atoms with Crippen molar-refractivity contribution < 1.29 is 23.5 Å². The first-order valence-electron chi connectivity index (χ1n) is 6.66. The quantitative estimate of drug-likeness (QED) is 0.783. The second-order valence-electron chi connectivity index (χ2n) is 4.76. The smallest absolute Gasteiger partial charge is 0.331 e. The van der Waals surface area contributed by atoms with E-state index >= 15 is 0 Å². The number of rotatable bonds is 2. The van der Waals surface area contributed by atoms with E-state index in [1.807, 2.05) is 18.2 Å². The van der Waals surface area contributed by atoms with Crippen molar-refractivity contribution in [2.75, 3.05) is 26.9 Å². The van der Waals surface area contributed by atoms with Crippen molar-refractivity contribution in [1.82, 2.24) is 4.90 Å². The number of furan rings is 1. The Morgan fingerprint density at radius 2 is 2.14 bits per heavy atom. The lowest BCUT2D eigenvalue weighted by Gasteiger charge is -2.32. The molecule has 6 nitrogen and oxygen atoms in total. The van der Waals surface area contributed by atoms with E-state index in [9.17, 15) is 9.59 Å². The van der Waals surface area contributed by atoms with Crippen LogP contribution in [0.3, 0.4) is 0 Å². The predicted molar refractivity (Wildman–Crippen MR) is 73.9 cm³/mol. The van der Waals surface area contributed by atoms with Crippen LogP contribution in [-0.2, 0) is 14.3 Å². The Bertz CT molecular complexity index is 645. The molecule has 1 unspecified atom stereocenters. The lowest BCUT2D eigenvalue weighted by Crippen LogP contribution is -2.52. The van der Waals surface area contributed by atoms with Gasteiger partial charge in [-0.3, -0.25) is 4.79 Å². The minimum absolute atomic E-state index is 0.138.